The van der Waals surface area contributed by atoms with Crippen molar-refractivity contribution in [1.29, 1.82) is 0 Å². The number of benzene rings is 3. The molecular weight excluding hydrogens is 456 g/mol. The Hall–Kier alpha value is -2.89. The van der Waals surface area contributed by atoms with Crippen LogP contribution in [0.1, 0.15) is 23.6 Å². The van der Waals surface area contributed by atoms with Crippen LogP contribution in [0.4, 0.5) is 0 Å². The number of ether oxygens (including phenoxy) is 2. The number of hydrogen-bond acceptors (Lipinski definition) is 3. The molecule has 0 unspecified atom stereocenters. The molecule has 0 amide bonds. The van der Waals surface area contributed by atoms with E-state index in [9.17, 15) is 9.90 Å². The molecule has 0 radical (unpaired) electrons. The average Bonchev–Trinajstić information content (AvgIpc) is 2.79. The van der Waals surface area contributed by atoms with E-state index < -0.39 is 12.1 Å². The summed E-state index contributed by atoms with van der Waals surface area (Å²) in [5.41, 5.74) is 4.23. The lowest BCUT2D eigenvalue weighted by Crippen LogP contribution is -2.26. The summed E-state index contributed by atoms with van der Waals surface area (Å²) in [7, 11) is 0. The fraction of sp³-hybridized carbons (Fsp3) is 0.192. The number of carboxylic acid groups (broad SMARTS) is 1. The Morgan fingerprint density at radius 2 is 1.61 bits per heavy atom. The summed E-state index contributed by atoms with van der Waals surface area (Å²) in [6.45, 7) is 2.57. The maximum atomic E-state index is 11.3. The van der Waals surface area contributed by atoms with Gasteiger partial charge >= 0.3 is 5.97 Å². The molecule has 3 rings (SSSR count). The minimum atomic E-state index is -0.950. The van der Waals surface area contributed by atoms with Gasteiger partial charge in [0, 0.05) is 17.5 Å². The van der Waals surface area contributed by atoms with Crippen LogP contribution in [0.15, 0.2) is 89.4 Å². The second kappa shape index (κ2) is 11.5. The first-order chi connectivity index (χ1) is 15.1. The van der Waals surface area contributed by atoms with E-state index in [0.717, 1.165) is 32.5 Å². The third-order valence-corrected chi connectivity index (χ3v) is 5.29. The number of aliphatic carboxylic acids is 1. The van der Waals surface area contributed by atoms with Gasteiger partial charge in [0.25, 0.3) is 0 Å². The lowest BCUT2D eigenvalue weighted by Gasteiger charge is -2.13. The smallest absolute Gasteiger partial charge is 0.333 e. The van der Waals surface area contributed by atoms with E-state index in [4.69, 9.17) is 9.47 Å². The van der Waals surface area contributed by atoms with E-state index >= 15 is 0 Å². The predicted molar refractivity (Wildman–Crippen MR) is 126 cm³/mol. The number of hydrogen-bond donors (Lipinski definition) is 1. The van der Waals surface area contributed by atoms with E-state index in [1.165, 1.54) is 0 Å². The molecule has 3 aromatic carbocycles. The number of rotatable bonds is 10. The topological polar surface area (TPSA) is 55.8 Å². The summed E-state index contributed by atoms with van der Waals surface area (Å²) < 4.78 is 12.2. The third kappa shape index (κ3) is 6.81. The van der Waals surface area contributed by atoms with Crippen LogP contribution in [-0.4, -0.2) is 30.4 Å². The Balaban J connectivity index is 1.69. The Labute approximate surface area is 191 Å². The highest BCUT2D eigenvalue weighted by Gasteiger charge is 2.17. The summed E-state index contributed by atoms with van der Waals surface area (Å²) in [6, 6.07) is 25.9. The molecule has 0 aliphatic rings. The van der Waals surface area contributed by atoms with Crippen molar-refractivity contribution < 1.29 is 19.4 Å². The van der Waals surface area contributed by atoms with Crippen LogP contribution in [0.25, 0.3) is 5.57 Å². The zero-order valence-corrected chi connectivity index (χ0v) is 18.9. The van der Waals surface area contributed by atoms with Crippen LogP contribution >= 0.6 is 15.9 Å². The average molecular weight is 481 g/mol. The Morgan fingerprint density at radius 1 is 0.968 bits per heavy atom. The Morgan fingerprint density at radius 3 is 2.23 bits per heavy atom. The molecule has 0 saturated heterocycles. The van der Waals surface area contributed by atoms with Gasteiger partial charge in [0.15, 0.2) is 6.10 Å². The first-order valence-corrected chi connectivity index (χ1v) is 10.9. The monoisotopic (exact) mass is 480 g/mol. The standard InChI is InChI=1S/C26H25BrO4/c1-2-30-25(26(28)29)18-19-8-14-23(15-9-19)31-17-16-24(20-6-4-3-5-7-20)21-10-12-22(27)13-11-21/h3-16,25H,2,17-18H2,1H3,(H,28,29)/b24-16-/t25-/m0/s1. The summed E-state index contributed by atoms with van der Waals surface area (Å²) in [4.78, 5) is 11.3. The number of carboxylic acids is 1. The van der Waals surface area contributed by atoms with Crippen molar-refractivity contribution in [3.63, 3.8) is 0 Å². The van der Waals surface area contributed by atoms with Gasteiger partial charge in [0.1, 0.15) is 12.4 Å². The van der Waals surface area contributed by atoms with Crippen molar-refractivity contribution in [1.82, 2.24) is 0 Å². The molecule has 0 aliphatic carbocycles. The summed E-state index contributed by atoms with van der Waals surface area (Å²) in [6.07, 6.45) is 1.56. The molecule has 0 spiro atoms. The molecule has 160 valence electrons. The quantitative estimate of drug-likeness (QED) is 0.387. The fourth-order valence-corrected chi connectivity index (χ4v) is 3.49. The van der Waals surface area contributed by atoms with Crippen molar-refractivity contribution in [2.75, 3.05) is 13.2 Å². The molecule has 1 atom stereocenters. The maximum absolute atomic E-state index is 11.3. The van der Waals surface area contributed by atoms with Crippen molar-refractivity contribution in [3.8, 4) is 5.75 Å². The molecule has 0 fully saturated rings. The van der Waals surface area contributed by atoms with E-state index in [2.05, 4.69) is 46.3 Å². The number of halogens is 1. The summed E-state index contributed by atoms with van der Waals surface area (Å²) in [5.74, 6) is -0.222. The minimum absolute atomic E-state index is 0.324. The molecule has 3 aromatic rings. The molecule has 5 heteroatoms. The zero-order chi connectivity index (χ0) is 22.1. The Bertz CT molecular complexity index is 996. The van der Waals surface area contributed by atoms with Crippen LogP contribution in [0.2, 0.25) is 0 Å². The predicted octanol–water partition coefficient (Wildman–Crippen LogP) is 5.99. The maximum Gasteiger partial charge on any atom is 0.333 e. The van der Waals surface area contributed by atoms with Gasteiger partial charge in [-0.25, -0.2) is 4.79 Å². The molecule has 0 heterocycles. The number of carbonyl (C=O) groups is 1. The molecule has 4 nitrogen and oxygen atoms in total. The normalized spacial score (nSPS) is 12.4. The first-order valence-electron chi connectivity index (χ1n) is 10.1. The highest BCUT2D eigenvalue weighted by atomic mass is 79.9. The first kappa shape index (κ1) is 22.8. The van der Waals surface area contributed by atoms with E-state index in [-0.39, 0.29) is 0 Å². The van der Waals surface area contributed by atoms with Gasteiger partial charge in [-0.05, 0) is 59.5 Å². The van der Waals surface area contributed by atoms with E-state index in [0.29, 0.717) is 19.6 Å². The lowest BCUT2D eigenvalue weighted by molar-refractivity contribution is -0.149. The van der Waals surface area contributed by atoms with Gasteiger partial charge < -0.3 is 14.6 Å². The minimum Gasteiger partial charge on any atom is -0.490 e. The highest BCUT2D eigenvalue weighted by molar-refractivity contribution is 9.10. The fourth-order valence-electron chi connectivity index (χ4n) is 3.23. The lowest BCUT2D eigenvalue weighted by atomic mass is 9.98. The Kier molecular flexibility index (Phi) is 8.44. The molecule has 0 bridgehead atoms. The van der Waals surface area contributed by atoms with Crippen LogP contribution in [0, 0.1) is 0 Å². The van der Waals surface area contributed by atoms with Crippen molar-refractivity contribution >= 4 is 27.5 Å². The van der Waals surface area contributed by atoms with E-state index in [1.54, 1.807) is 6.92 Å². The van der Waals surface area contributed by atoms with Crippen LogP contribution < -0.4 is 4.74 Å². The zero-order valence-electron chi connectivity index (χ0n) is 17.3. The van der Waals surface area contributed by atoms with Crippen LogP contribution in [0.3, 0.4) is 0 Å². The highest BCUT2D eigenvalue weighted by Crippen LogP contribution is 2.25. The van der Waals surface area contributed by atoms with Crippen molar-refractivity contribution in [3.05, 3.63) is 106 Å². The second-order valence-corrected chi connectivity index (χ2v) is 7.85. The van der Waals surface area contributed by atoms with Crippen molar-refractivity contribution in [2.45, 2.75) is 19.4 Å². The van der Waals surface area contributed by atoms with Crippen LogP contribution in [-0.2, 0) is 16.0 Å². The molecule has 31 heavy (non-hydrogen) atoms. The SMILES string of the molecule is CCO[C@@H](Cc1ccc(OC/C=C(/c2ccccc2)c2ccc(Br)cc2)cc1)C(=O)O. The van der Waals surface area contributed by atoms with Gasteiger partial charge in [-0.15, -0.1) is 0 Å². The second-order valence-electron chi connectivity index (χ2n) is 6.93. The van der Waals surface area contributed by atoms with E-state index in [1.807, 2.05) is 54.6 Å². The molecule has 0 saturated carbocycles. The van der Waals surface area contributed by atoms with Gasteiger partial charge in [0.05, 0.1) is 0 Å². The van der Waals surface area contributed by atoms with Gasteiger partial charge in [0.2, 0.25) is 0 Å². The van der Waals surface area contributed by atoms with Crippen molar-refractivity contribution in [2.24, 2.45) is 0 Å². The van der Waals surface area contributed by atoms with Gasteiger partial charge in [-0.3, -0.25) is 0 Å². The summed E-state index contributed by atoms with van der Waals surface area (Å²) in [5, 5.41) is 9.23. The van der Waals surface area contributed by atoms with Gasteiger partial charge in [-0.2, -0.15) is 0 Å². The van der Waals surface area contributed by atoms with Crippen LogP contribution in [0.5, 0.6) is 5.75 Å². The molecular formula is C26H25BrO4. The summed E-state index contributed by atoms with van der Waals surface area (Å²) >= 11 is 3.49. The van der Waals surface area contributed by atoms with Gasteiger partial charge in [-0.1, -0.05) is 70.5 Å². The molecule has 0 aliphatic heterocycles. The molecule has 0 aromatic heterocycles. The molecule has 1 N–H and O–H groups in total. The largest absolute Gasteiger partial charge is 0.490 e. The third-order valence-electron chi connectivity index (χ3n) is 4.77.